The van der Waals surface area contributed by atoms with Crippen LogP contribution in [0.3, 0.4) is 0 Å². The third-order valence-electron chi connectivity index (χ3n) is 3.73. The van der Waals surface area contributed by atoms with Gasteiger partial charge in [0.15, 0.2) is 11.5 Å². The number of hydrogen-bond donors (Lipinski definition) is 1. The topological polar surface area (TPSA) is 120 Å². The second-order valence-corrected chi connectivity index (χ2v) is 7.27. The Morgan fingerprint density at radius 2 is 1.88 bits per heavy atom. The molecule has 0 fully saturated rings. The van der Waals surface area contributed by atoms with Gasteiger partial charge in [-0.25, -0.2) is 4.83 Å². The number of nitro benzene ring substituents is 1. The minimum Gasteiger partial charge on any atom is -0.454 e. The normalized spacial score (nSPS) is 13.2. The van der Waals surface area contributed by atoms with Gasteiger partial charge in [-0.15, -0.1) is 0 Å². The van der Waals surface area contributed by atoms with E-state index in [4.69, 9.17) is 9.47 Å². The summed E-state index contributed by atoms with van der Waals surface area (Å²) in [5.41, 5.74) is 1.16. The highest BCUT2D eigenvalue weighted by atomic mass is 32.2. The highest BCUT2D eigenvalue weighted by molar-refractivity contribution is 7.89. The first kappa shape index (κ1) is 17.7. The number of rotatable bonds is 5. The minimum atomic E-state index is -3.90. The molecule has 0 spiro atoms. The first-order valence-corrected chi connectivity index (χ1v) is 8.96. The first-order valence-electron chi connectivity index (χ1n) is 7.48. The molecule has 1 aliphatic heterocycles. The van der Waals surface area contributed by atoms with Crippen molar-refractivity contribution in [2.75, 3.05) is 6.79 Å². The maximum atomic E-state index is 12.4. The highest BCUT2D eigenvalue weighted by Gasteiger charge is 2.23. The largest absolute Gasteiger partial charge is 0.454 e. The molecule has 0 unspecified atom stereocenters. The van der Waals surface area contributed by atoms with Gasteiger partial charge in [0.25, 0.3) is 15.7 Å². The number of hydrogen-bond acceptors (Lipinski definition) is 7. The Balaban J connectivity index is 1.89. The molecule has 0 saturated carbocycles. The van der Waals surface area contributed by atoms with Crippen LogP contribution in [0.5, 0.6) is 11.5 Å². The number of nitrogens with one attached hydrogen (secondary N) is 1. The molecule has 1 heterocycles. The summed E-state index contributed by atoms with van der Waals surface area (Å²) in [6.45, 7) is 3.41. The lowest BCUT2D eigenvalue weighted by molar-refractivity contribution is -0.385. The maximum Gasteiger partial charge on any atom is 0.282 e. The molecule has 3 rings (SSSR count). The molecule has 0 amide bonds. The van der Waals surface area contributed by atoms with Gasteiger partial charge in [0.05, 0.1) is 27.7 Å². The number of hydrazone groups is 1. The van der Waals surface area contributed by atoms with Gasteiger partial charge in [-0.2, -0.15) is 13.5 Å². The number of sulfonamides is 1. The number of benzene rings is 2. The molecule has 1 N–H and O–H groups in total. The molecular formula is C16H15N3O6S. The Labute approximate surface area is 149 Å². The zero-order valence-corrected chi connectivity index (χ0v) is 14.7. The van der Waals surface area contributed by atoms with Gasteiger partial charge in [-0.3, -0.25) is 10.1 Å². The minimum absolute atomic E-state index is 0.0354. The summed E-state index contributed by atoms with van der Waals surface area (Å²) in [5, 5.41) is 14.9. The van der Waals surface area contributed by atoms with Crippen molar-refractivity contribution in [3.05, 3.63) is 57.1 Å². The fourth-order valence-corrected chi connectivity index (χ4v) is 3.54. The lowest BCUT2D eigenvalue weighted by Gasteiger charge is -2.07. The molecule has 0 saturated heterocycles. The van der Waals surface area contributed by atoms with E-state index in [9.17, 15) is 18.5 Å². The number of ether oxygens (including phenoxy) is 2. The van der Waals surface area contributed by atoms with E-state index in [2.05, 4.69) is 9.93 Å². The van der Waals surface area contributed by atoms with E-state index in [1.807, 2.05) is 0 Å². The van der Waals surface area contributed by atoms with Crippen LogP contribution in [-0.2, 0) is 10.0 Å². The standard InChI is InChI=1S/C16H15N3O6S/c1-10-3-4-11(2)16(5-10)26(22,23)18-17-8-12-6-14-15(25-9-24-14)7-13(12)19(20)21/h3-8,18H,9H2,1-2H3. The molecule has 0 radical (unpaired) electrons. The number of nitrogens with zero attached hydrogens (tertiary/aromatic N) is 2. The van der Waals surface area contributed by atoms with Crippen LogP contribution in [0.25, 0.3) is 0 Å². The van der Waals surface area contributed by atoms with E-state index in [0.717, 1.165) is 11.8 Å². The fourth-order valence-electron chi connectivity index (χ4n) is 2.42. The van der Waals surface area contributed by atoms with Crippen molar-refractivity contribution >= 4 is 21.9 Å². The molecule has 0 aromatic heterocycles. The van der Waals surface area contributed by atoms with E-state index in [1.165, 1.54) is 18.2 Å². The smallest absolute Gasteiger partial charge is 0.282 e. The second-order valence-electron chi connectivity index (χ2n) is 5.64. The highest BCUT2D eigenvalue weighted by Crippen LogP contribution is 2.37. The van der Waals surface area contributed by atoms with Crippen LogP contribution in [0.2, 0.25) is 0 Å². The van der Waals surface area contributed by atoms with Crippen molar-refractivity contribution in [3.8, 4) is 11.5 Å². The van der Waals surface area contributed by atoms with Crippen molar-refractivity contribution in [3.63, 3.8) is 0 Å². The van der Waals surface area contributed by atoms with Crippen molar-refractivity contribution < 1.29 is 22.8 Å². The molecule has 26 heavy (non-hydrogen) atoms. The number of aryl methyl sites for hydroxylation is 2. The molecule has 9 nitrogen and oxygen atoms in total. The summed E-state index contributed by atoms with van der Waals surface area (Å²) in [6, 6.07) is 7.60. The first-order chi connectivity index (χ1) is 12.3. The lowest BCUT2D eigenvalue weighted by Crippen LogP contribution is -2.19. The van der Waals surface area contributed by atoms with E-state index in [-0.39, 0.29) is 28.7 Å². The van der Waals surface area contributed by atoms with Crippen molar-refractivity contribution in [2.45, 2.75) is 18.7 Å². The predicted molar refractivity (Wildman–Crippen MR) is 93.1 cm³/mol. The Hall–Kier alpha value is -3.14. The van der Waals surface area contributed by atoms with Gasteiger partial charge in [0.1, 0.15) is 0 Å². The molecular weight excluding hydrogens is 362 g/mol. The summed E-state index contributed by atoms with van der Waals surface area (Å²) in [6.07, 6.45) is 1.06. The van der Waals surface area contributed by atoms with Crippen LogP contribution in [0.1, 0.15) is 16.7 Å². The molecule has 2 aromatic rings. The van der Waals surface area contributed by atoms with E-state index >= 15 is 0 Å². The van der Waals surface area contributed by atoms with E-state index in [1.54, 1.807) is 26.0 Å². The molecule has 136 valence electrons. The van der Waals surface area contributed by atoms with Crippen molar-refractivity contribution in [2.24, 2.45) is 5.10 Å². The van der Waals surface area contributed by atoms with Crippen LogP contribution in [0.4, 0.5) is 5.69 Å². The van der Waals surface area contributed by atoms with Crippen LogP contribution in [-0.4, -0.2) is 26.3 Å². The summed E-state index contributed by atoms with van der Waals surface area (Å²) in [7, 11) is -3.90. The predicted octanol–water partition coefficient (Wildman–Crippen LogP) is 2.25. The van der Waals surface area contributed by atoms with Gasteiger partial charge in [0, 0.05) is 0 Å². The quantitative estimate of drug-likeness (QED) is 0.485. The van der Waals surface area contributed by atoms with E-state index in [0.29, 0.717) is 11.3 Å². The fraction of sp³-hybridized carbons (Fsp3) is 0.188. The van der Waals surface area contributed by atoms with Crippen LogP contribution in [0, 0.1) is 24.0 Å². The number of fused-ring (bicyclic) bond motifs is 1. The Kier molecular flexibility index (Phi) is 4.51. The van der Waals surface area contributed by atoms with Gasteiger partial charge in [-0.1, -0.05) is 12.1 Å². The Bertz CT molecular complexity index is 1020. The molecule has 2 aromatic carbocycles. The summed E-state index contributed by atoms with van der Waals surface area (Å²) in [5.74, 6) is 0.583. The van der Waals surface area contributed by atoms with Gasteiger partial charge >= 0.3 is 0 Å². The van der Waals surface area contributed by atoms with Crippen LogP contribution in [0.15, 0.2) is 40.3 Å². The zero-order valence-electron chi connectivity index (χ0n) is 13.9. The average Bonchev–Trinajstić information content (AvgIpc) is 3.03. The zero-order chi connectivity index (χ0) is 18.9. The van der Waals surface area contributed by atoms with Gasteiger partial charge in [0.2, 0.25) is 6.79 Å². The average molecular weight is 377 g/mol. The maximum absolute atomic E-state index is 12.4. The lowest BCUT2D eigenvalue weighted by atomic mass is 10.1. The second kappa shape index (κ2) is 6.64. The third-order valence-corrected chi connectivity index (χ3v) is 5.09. The van der Waals surface area contributed by atoms with Crippen molar-refractivity contribution in [1.82, 2.24) is 4.83 Å². The molecule has 10 heteroatoms. The van der Waals surface area contributed by atoms with Crippen LogP contribution < -0.4 is 14.3 Å². The van der Waals surface area contributed by atoms with Gasteiger partial charge < -0.3 is 9.47 Å². The molecule has 1 aliphatic rings. The summed E-state index contributed by atoms with van der Waals surface area (Å²) in [4.78, 5) is 12.8. The van der Waals surface area contributed by atoms with Crippen LogP contribution >= 0.6 is 0 Å². The van der Waals surface area contributed by atoms with Crippen molar-refractivity contribution in [1.29, 1.82) is 0 Å². The van der Waals surface area contributed by atoms with E-state index < -0.39 is 14.9 Å². The summed E-state index contributed by atoms with van der Waals surface area (Å²) >= 11 is 0. The third kappa shape index (κ3) is 3.45. The summed E-state index contributed by atoms with van der Waals surface area (Å²) < 4.78 is 35.1. The number of nitro groups is 1. The molecule has 0 atom stereocenters. The Morgan fingerprint density at radius 1 is 1.19 bits per heavy atom. The monoisotopic (exact) mass is 377 g/mol. The molecule has 0 aliphatic carbocycles. The SMILES string of the molecule is Cc1ccc(C)c(S(=O)(=O)NN=Cc2cc3c(cc2[N+](=O)[O-])OCO3)c1. The molecule has 0 bridgehead atoms. The Morgan fingerprint density at radius 3 is 2.58 bits per heavy atom. The van der Waals surface area contributed by atoms with Gasteiger partial charge in [-0.05, 0) is 37.1 Å².